The maximum absolute atomic E-state index is 12.6. The van der Waals surface area contributed by atoms with Gasteiger partial charge in [-0.15, -0.1) is 0 Å². The molecular formula is C16H20F3N5. The summed E-state index contributed by atoms with van der Waals surface area (Å²) in [7, 11) is 0. The predicted molar refractivity (Wildman–Crippen MR) is 86.4 cm³/mol. The van der Waals surface area contributed by atoms with Gasteiger partial charge in [0.05, 0.1) is 5.56 Å². The Balaban J connectivity index is 1.96. The van der Waals surface area contributed by atoms with Gasteiger partial charge >= 0.3 is 6.18 Å². The van der Waals surface area contributed by atoms with Gasteiger partial charge in [-0.2, -0.15) is 28.1 Å². The Labute approximate surface area is 138 Å². The number of anilines is 2. The van der Waals surface area contributed by atoms with Crippen LogP contribution in [0.15, 0.2) is 24.3 Å². The Bertz CT molecular complexity index is 650. The predicted octanol–water partition coefficient (Wildman–Crippen LogP) is 3.60. The van der Waals surface area contributed by atoms with E-state index in [0.29, 0.717) is 18.2 Å². The van der Waals surface area contributed by atoms with Crippen LogP contribution in [0.25, 0.3) is 0 Å². The number of alkyl halides is 3. The topological polar surface area (TPSA) is 76.7 Å². The lowest BCUT2D eigenvalue weighted by atomic mass is 10.0. The molecule has 0 bridgehead atoms. The molecule has 0 aliphatic carbocycles. The zero-order valence-corrected chi connectivity index (χ0v) is 13.6. The number of nitrogen functional groups attached to an aromatic ring is 1. The van der Waals surface area contributed by atoms with Gasteiger partial charge in [0.25, 0.3) is 0 Å². The van der Waals surface area contributed by atoms with Crippen molar-refractivity contribution < 1.29 is 13.2 Å². The summed E-state index contributed by atoms with van der Waals surface area (Å²) in [6.45, 7) is 3.74. The average molecular weight is 339 g/mol. The van der Waals surface area contributed by atoms with Crippen molar-refractivity contribution in [3.63, 3.8) is 0 Å². The first kappa shape index (κ1) is 18.0. The Hall–Kier alpha value is -2.38. The second-order valence-electron chi connectivity index (χ2n) is 5.55. The third-order valence-electron chi connectivity index (χ3n) is 3.65. The molecule has 1 aromatic carbocycles. The SMILES string of the molecule is CCC(CCc1ccc(C(F)(F)F)cc1)Nc1nc(C)nc(N)n1. The van der Waals surface area contributed by atoms with Crippen molar-refractivity contribution >= 4 is 11.9 Å². The molecule has 0 aliphatic rings. The number of halogens is 3. The molecule has 1 aromatic heterocycles. The fraction of sp³-hybridized carbons (Fsp3) is 0.438. The van der Waals surface area contributed by atoms with Gasteiger partial charge in [0.1, 0.15) is 5.82 Å². The minimum Gasteiger partial charge on any atom is -0.368 e. The number of aromatic nitrogens is 3. The molecule has 0 amide bonds. The van der Waals surface area contributed by atoms with E-state index in [-0.39, 0.29) is 12.0 Å². The lowest BCUT2D eigenvalue weighted by molar-refractivity contribution is -0.137. The number of rotatable bonds is 6. The number of nitrogens with zero attached hydrogens (tertiary/aromatic N) is 3. The van der Waals surface area contributed by atoms with E-state index in [2.05, 4.69) is 20.3 Å². The molecule has 2 rings (SSSR count). The zero-order valence-electron chi connectivity index (χ0n) is 13.6. The second kappa shape index (κ2) is 7.46. The van der Waals surface area contributed by atoms with Crippen molar-refractivity contribution in [2.75, 3.05) is 11.1 Å². The van der Waals surface area contributed by atoms with Gasteiger partial charge in [0, 0.05) is 6.04 Å². The van der Waals surface area contributed by atoms with Crippen molar-refractivity contribution in [2.45, 2.75) is 45.3 Å². The highest BCUT2D eigenvalue weighted by Crippen LogP contribution is 2.29. The van der Waals surface area contributed by atoms with Crippen LogP contribution < -0.4 is 11.1 Å². The number of nitrogens with one attached hydrogen (secondary N) is 1. The summed E-state index contributed by atoms with van der Waals surface area (Å²) in [5.74, 6) is 1.10. The van der Waals surface area contributed by atoms with Crippen LogP contribution in [0, 0.1) is 6.92 Å². The number of benzene rings is 1. The molecule has 3 N–H and O–H groups in total. The third-order valence-corrected chi connectivity index (χ3v) is 3.65. The molecule has 24 heavy (non-hydrogen) atoms. The van der Waals surface area contributed by atoms with Gasteiger partial charge in [-0.3, -0.25) is 0 Å². The molecule has 2 aromatic rings. The Morgan fingerprint density at radius 2 is 1.79 bits per heavy atom. The van der Waals surface area contributed by atoms with Crippen molar-refractivity contribution in [3.8, 4) is 0 Å². The molecule has 0 fully saturated rings. The molecule has 1 atom stereocenters. The summed E-state index contributed by atoms with van der Waals surface area (Å²) in [5, 5.41) is 3.19. The van der Waals surface area contributed by atoms with Crippen molar-refractivity contribution in [2.24, 2.45) is 0 Å². The molecule has 0 saturated heterocycles. The normalized spacial score (nSPS) is 12.9. The molecule has 0 aliphatic heterocycles. The first-order chi connectivity index (χ1) is 11.3. The number of hydrogen-bond donors (Lipinski definition) is 2. The smallest absolute Gasteiger partial charge is 0.368 e. The fourth-order valence-corrected chi connectivity index (χ4v) is 2.33. The van der Waals surface area contributed by atoms with Crippen LogP contribution in [0.2, 0.25) is 0 Å². The van der Waals surface area contributed by atoms with Gasteiger partial charge in [0.15, 0.2) is 0 Å². The second-order valence-corrected chi connectivity index (χ2v) is 5.55. The van der Waals surface area contributed by atoms with Crippen LogP contribution in [-0.2, 0) is 12.6 Å². The van der Waals surface area contributed by atoms with Crippen LogP contribution in [0.5, 0.6) is 0 Å². The molecular weight excluding hydrogens is 319 g/mol. The molecule has 1 unspecified atom stereocenters. The average Bonchev–Trinajstić information content (AvgIpc) is 2.50. The molecule has 1 heterocycles. The maximum atomic E-state index is 12.6. The Morgan fingerprint density at radius 1 is 1.12 bits per heavy atom. The highest BCUT2D eigenvalue weighted by Gasteiger charge is 2.29. The van der Waals surface area contributed by atoms with Gasteiger partial charge < -0.3 is 11.1 Å². The van der Waals surface area contributed by atoms with E-state index in [1.165, 1.54) is 12.1 Å². The fourth-order valence-electron chi connectivity index (χ4n) is 2.33. The number of aryl methyl sites for hydroxylation is 2. The van der Waals surface area contributed by atoms with E-state index >= 15 is 0 Å². The summed E-state index contributed by atoms with van der Waals surface area (Å²) in [4.78, 5) is 12.1. The van der Waals surface area contributed by atoms with Gasteiger partial charge in [-0.25, -0.2) is 0 Å². The first-order valence-corrected chi connectivity index (χ1v) is 7.68. The van der Waals surface area contributed by atoms with E-state index in [1.54, 1.807) is 6.92 Å². The summed E-state index contributed by atoms with van der Waals surface area (Å²) in [6.07, 6.45) is -2.08. The van der Waals surface area contributed by atoms with Gasteiger partial charge in [-0.1, -0.05) is 19.1 Å². The third kappa shape index (κ3) is 5.07. The highest BCUT2D eigenvalue weighted by molar-refractivity contribution is 5.32. The summed E-state index contributed by atoms with van der Waals surface area (Å²) >= 11 is 0. The van der Waals surface area contributed by atoms with E-state index < -0.39 is 11.7 Å². The van der Waals surface area contributed by atoms with Gasteiger partial charge in [-0.05, 0) is 43.9 Å². The van der Waals surface area contributed by atoms with Crippen molar-refractivity contribution in [3.05, 3.63) is 41.2 Å². The zero-order chi connectivity index (χ0) is 17.7. The molecule has 0 spiro atoms. The molecule has 130 valence electrons. The van der Waals surface area contributed by atoms with E-state index in [9.17, 15) is 13.2 Å². The molecule has 8 heteroatoms. The van der Waals surface area contributed by atoms with Crippen LogP contribution in [-0.4, -0.2) is 21.0 Å². The monoisotopic (exact) mass is 339 g/mol. The summed E-state index contributed by atoms with van der Waals surface area (Å²) in [5.41, 5.74) is 5.82. The van der Waals surface area contributed by atoms with Crippen molar-refractivity contribution in [1.29, 1.82) is 0 Å². The summed E-state index contributed by atoms with van der Waals surface area (Å²) in [6, 6.07) is 5.34. The highest BCUT2D eigenvalue weighted by atomic mass is 19.4. The lowest BCUT2D eigenvalue weighted by Crippen LogP contribution is -2.21. The van der Waals surface area contributed by atoms with Crippen LogP contribution in [0.3, 0.4) is 0 Å². The van der Waals surface area contributed by atoms with Crippen LogP contribution >= 0.6 is 0 Å². The van der Waals surface area contributed by atoms with Crippen molar-refractivity contribution in [1.82, 2.24) is 15.0 Å². The number of hydrogen-bond acceptors (Lipinski definition) is 5. The molecule has 0 radical (unpaired) electrons. The largest absolute Gasteiger partial charge is 0.416 e. The lowest BCUT2D eigenvalue weighted by Gasteiger charge is -2.17. The molecule has 0 saturated carbocycles. The Morgan fingerprint density at radius 3 is 2.33 bits per heavy atom. The minimum absolute atomic E-state index is 0.0912. The van der Waals surface area contributed by atoms with Gasteiger partial charge in [0.2, 0.25) is 11.9 Å². The Kier molecular flexibility index (Phi) is 5.58. The maximum Gasteiger partial charge on any atom is 0.416 e. The minimum atomic E-state index is -4.30. The van der Waals surface area contributed by atoms with Crippen LogP contribution in [0.1, 0.15) is 36.7 Å². The van der Waals surface area contributed by atoms with E-state index in [0.717, 1.165) is 30.5 Å². The van der Waals surface area contributed by atoms with Crippen LogP contribution in [0.4, 0.5) is 25.1 Å². The summed E-state index contributed by atoms with van der Waals surface area (Å²) < 4.78 is 37.7. The number of nitrogens with two attached hydrogens (primary N) is 1. The van der Waals surface area contributed by atoms with E-state index in [4.69, 9.17) is 5.73 Å². The quantitative estimate of drug-likeness (QED) is 0.841. The standard InChI is InChI=1S/C16H20F3N5/c1-3-13(23-15-22-10(2)21-14(20)24-15)9-6-11-4-7-12(8-5-11)16(17,18)19/h4-5,7-8,13H,3,6,9H2,1-2H3,(H3,20,21,22,23,24). The molecule has 5 nitrogen and oxygen atoms in total. The first-order valence-electron chi connectivity index (χ1n) is 7.68. The van der Waals surface area contributed by atoms with E-state index in [1.807, 2.05) is 6.92 Å².